The molecule has 25 heavy (non-hydrogen) atoms. The highest BCUT2D eigenvalue weighted by Gasteiger charge is 2.12. The fraction of sp³-hybridized carbons (Fsp3) is 0.500. The number of hydrogen-bond acceptors (Lipinski definition) is 2. The molecule has 1 heterocycles. The van der Waals surface area contributed by atoms with Gasteiger partial charge in [0.2, 0.25) is 0 Å². The van der Waals surface area contributed by atoms with E-state index in [4.69, 9.17) is 0 Å². The zero-order valence-corrected chi connectivity index (χ0v) is 17.1. The Morgan fingerprint density at radius 2 is 1.92 bits per heavy atom. The second-order valence-electron chi connectivity index (χ2n) is 7.11. The lowest BCUT2D eigenvalue weighted by Crippen LogP contribution is -2.48. The quantitative estimate of drug-likeness (QED) is 0.686. The summed E-state index contributed by atoms with van der Waals surface area (Å²) >= 11 is 1.81. The van der Waals surface area contributed by atoms with Crippen LogP contribution in [0.5, 0.6) is 0 Å². The predicted octanol–water partition coefficient (Wildman–Crippen LogP) is 4.07. The third-order valence-electron chi connectivity index (χ3n) is 4.76. The van der Waals surface area contributed by atoms with Crippen LogP contribution in [0.25, 0.3) is 12.2 Å². The van der Waals surface area contributed by atoms with E-state index in [1.807, 2.05) is 6.92 Å². The fourth-order valence-corrected chi connectivity index (χ4v) is 3.86. The van der Waals surface area contributed by atoms with Crippen molar-refractivity contribution in [1.29, 1.82) is 0 Å². The van der Waals surface area contributed by atoms with Crippen LogP contribution in [0, 0.1) is 6.92 Å². The van der Waals surface area contributed by atoms with E-state index < -0.39 is 0 Å². The molecule has 0 amide bonds. The molecule has 0 aliphatic heterocycles. The van der Waals surface area contributed by atoms with Crippen LogP contribution in [0.4, 0.5) is 0 Å². The van der Waals surface area contributed by atoms with Crippen molar-refractivity contribution in [3.05, 3.63) is 55.3 Å². The Morgan fingerprint density at radius 1 is 1.20 bits per heavy atom. The molecule has 0 saturated carbocycles. The summed E-state index contributed by atoms with van der Waals surface area (Å²) in [5, 5.41) is 2.03. The highest BCUT2D eigenvalue weighted by Crippen LogP contribution is 2.12. The van der Waals surface area contributed by atoms with Crippen LogP contribution in [0.15, 0.2) is 28.1 Å². The van der Waals surface area contributed by atoms with Gasteiger partial charge in [0.15, 0.2) is 5.43 Å². The molecule has 0 radical (unpaired) electrons. The van der Waals surface area contributed by atoms with Gasteiger partial charge in [-0.25, -0.2) is 0 Å². The molecule has 0 saturated heterocycles. The van der Waals surface area contributed by atoms with Crippen molar-refractivity contribution in [3.8, 4) is 0 Å². The number of pyridine rings is 1. The van der Waals surface area contributed by atoms with Crippen molar-refractivity contribution in [1.82, 2.24) is 4.57 Å². The highest BCUT2D eigenvalue weighted by atomic mass is 32.2. The van der Waals surface area contributed by atoms with E-state index in [0.717, 1.165) is 54.1 Å². The summed E-state index contributed by atoms with van der Waals surface area (Å²) in [7, 11) is 0. The van der Waals surface area contributed by atoms with Crippen LogP contribution in [0.3, 0.4) is 0 Å². The molecule has 0 spiro atoms. The molecule has 0 fully saturated rings. The Hall–Kier alpha value is -1.48. The van der Waals surface area contributed by atoms with Crippen LogP contribution >= 0.6 is 11.8 Å². The molecule has 1 aromatic heterocycles. The largest absolute Gasteiger partial charge is 0.334 e. The minimum Gasteiger partial charge on any atom is -0.334 e. The van der Waals surface area contributed by atoms with E-state index in [-0.39, 0.29) is 5.43 Å². The summed E-state index contributed by atoms with van der Waals surface area (Å²) in [5.41, 5.74) is 5.07. The van der Waals surface area contributed by atoms with Gasteiger partial charge in [-0.2, -0.15) is 0 Å². The van der Waals surface area contributed by atoms with E-state index in [2.05, 4.69) is 55.9 Å². The van der Waals surface area contributed by atoms with Gasteiger partial charge in [-0.1, -0.05) is 35.5 Å². The van der Waals surface area contributed by atoms with Gasteiger partial charge in [-0.05, 0) is 59.6 Å². The number of aromatic nitrogens is 1. The zero-order chi connectivity index (χ0) is 18.4. The van der Waals surface area contributed by atoms with E-state index in [1.165, 1.54) is 16.8 Å². The molecule has 0 atom stereocenters. The monoisotopic (exact) mass is 357 g/mol. The van der Waals surface area contributed by atoms with Gasteiger partial charge in [-0.3, -0.25) is 4.79 Å². The molecule has 1 aromatic rings. The molecule has 0 N–H and O–H groups in total. The van der Waals surface area contributed by atoms with Gasteiger partial charge in [-0.15, -0.1) is 11.8 Å². The van der Waals surface area contributed by atoms with Crippen molar-refractivity contribution >= 4 is 23.9 Å². The maximum Gasteiger partial charge on any atom is 0.192 e. The van der Waals surface area contributed by atoms with Crippen LogP contribution in [0.2, 0.25) is 0 Å². The van der Waals surface area contributed by atoms with E-state index in [9.17, 15) is 4.79 Å². The summed E-state index contributed by atoms with van der Waals surface area (Å²) in [6.45, 7) is 8.47. The molecule has 2 nitrogen and oxygen atoms in total. The van der Waals surface area contributed by atoms with Crippen molar-refractivity contribution in [2.75, 3.05) is 6.26 Å². The zero-order valence-electron chi connectivity index (χ0n) is 16.3. The highest BCUT2D eigenvalue weighted by molar-refractivity contribution is 7.97. The Bertz CT molecular complexity index is 851. The number of thioether (sulfide) groups is 1. The van der Waals surface area contributed by atoms with Gasteiger partial charge in [0.05, 0.1) is 5.88 Å². The Kier molecular flexibility index (Phi) is 7.37. The van der Waals surface area contributed by atoms with Crippen molar-refractivity contribution in [2.45, 2.75) is 65.7 Å². The normalized spacial score (nSPS) is 13.7. The van der Waals surface area contributed by atoms with Gasteiger partial charge in [0.25, 0.3) is 0 Å². The van der Waals surface area contributed by atoms with Gasteiger partial charge in [0.1, 0.15) is 0 Å². The first-order chi connectivity index (χ1) is 12.0. The van der Waals surface area contributed by atoms with Crippen LogP contribution < -0.4 is 16.0 Å². The smallest absolute Gasteiger partial charge is 0.192 e. The number of rotatable bonds is 7. The summed E-state index contributed by atoms with van der Waals surface area (Å²) in [5.74, 6) is 0.897. The summed E-state index contributed by atoms with van der Waals surface area (Å²) in [4.78, 5) is 12.8. The molecular weight excluding hydrogens is 326 g/mol. The van der Waals surface area contributed by atoms with Gasteiger partial charge >= 0.3 is 0 Å². The van der Waals surface area contributed by atoms with Gasteiger partial charge in [0, 0.05) is 28.2 Å². The molecule has 2 rings (SSSR count). The van der Waals surface area contributed by atoms with Crippen molar-refractivity contribution < 1.29 is 0 Å². The van der Waals surface area contributed by atoms with Crippen molar-refractivity contribution in [3.63, 3.8) is 0 Å². The van der Waals surface area contributed by atoms with Crippen molar-refractivity contribution in [2.24, 2.45) is 0 Å². The van der Waals surface area contributed by atoms with Crippen LogP contribution in [-0.4, -0.2) is 10.8 Å². The lowest BCUT2D eigenvalue weighted by Gasteiger charge is -2.18. The minimum atomic E-state index is 0.217. The first-order valence-electron chi connectivity index (χ1n) is 9.16. The maximum absolute atomic E-state index is 12.8. The summed E-state index contributed by atoms with van der Waals surface area (Å²) < 4.78 is 2.35. The first-order valence-corrected chi connectivity index (χ1v) is 10.6. The summed E-state index contributed by atoms with van der Waals surface area (Å²) in [6, 6.07) is 0. The average Bonchev–Trinajstić information content (AvgIpc) is 2.59. The number of fused-ring (bicyclic) bond motifs is 1. The molecular formula is C22H31NOS. The number of nitrogens with zero attached hydrogens (tertiary/aromatic N) is 1. The third-order valence-corrected chi connectivity index (χ3v) is 5.27. The molecule has 0 aromatic carbocycles. The Balaban J connectivity index is 2.39. The molecule has 3 heteroatoms. The molecule has 0 unspecified atom stereocenters. The van der Waals surface area contributed by atoms with Crippen LogP contribution in [0.1, 0.15) is 57.7 Å². The first kappa shape index (κ1) is 19.8. The average molecular weight is 358 g/mol. The lowest BCUT2D eigenvalue weighted by atomic mass is 10.0. The topological polar surface area (TPSA) is 22.0 Å². The number of allylic oxidation sites excluding steroid dienone is 4. The van der Waals surface area contributed by atoms with Gasteiger partial charge < -0.3 is 4.57 Å². The van der Waals surface area contributed by atoms with E-state index in [1.54, 1.807) is 11.8 Å². The Labute approximate surface area is 156 Å². The standard InChI is InChI=1S/C22H31NOS/c1-16(2)9-8-10-17(3)13-14-20-18(4)22(24)19-11-6-7-12-21(19)23(20)15-25-5/h9,11-13H,6-8,10,14-15H2,1-5H3/b17-13+. The fourth-order valence-electron chi connectivity index (χ4n) is 3.31. The molecule has 1 aliphatic rings. The SMILES string of the molecule is CSCn1c(C/C=C(\C)CCC=C(C)C)c(C)c(=O)c2c1=CCCC=2. The molecule has 136 valence electrons. The molecule has 1 aliphatic carbocycles. The Morgan fingerprint density at radius 3 is 2.60 bits per heavy atom. The second-order valence-corrected chi connectivity index (χ2v) is 7.94. The minimum absolute atomic E-state index is 0.217. The van der Waals surface area contributed by atoms with Crippen LogP contribution in [-0.2, 0) is 12.3 Å². The summed E-state index contributed by atoms with van der Waals surface area (Å²) in [6.07, 6.45) is 16.1. The van der Waals surface area contributed by atoms with E-state index >= 15 is 0 Å². The maximum atomic E-state index is 12.8. The predicted molar refractivity (Wildman–Crippen MR) is 112 cm³/mol. The van der Waals surface area contributed by atoms with E-state index in [0.29, 0.717) is 0 Å². The number of hydrogen-bond donors (Lipinski definition) is 0. The second kappa shape index (κ2) is 9.28. The molecule has 0 bridgehead atoms. The third kappa shape index (κ3) is 5.01. The lowest BCUT2D eigenvalue weighted by molar-refractivity contribution is 0.756.